The van der Waals surface area contributed by atoms with E-state index in [2.05, 4.69) is 4.98 Å². The van der Waals surface area contributed by atoms with Crippen molar-refractivity contribution in [2.75, 3.05) is 6.61 Å². The molecule has 9 nitrogen and oxygen atoms in total. The molecule has 0 unspecified atom stereocenters. The van der Waals surface area contributed by atoms with Crippen LogP contribution in [0.4, 0.5) is 4.39 Å². The molecule has 0 saturated heterocycles. The molecule has 32 heavy (non-hydrogen) atoms. The van der Waals surface area contributed by atoms with E-state index in [0.717, 1.165) is 19.2 Å². The van der Waals surface area contributed by atoms with Gasteiger partial charge in [0.25, 0.3) is 16.0 Å². The fourth-order valence-electron chi connectivity index (χ4n) is 3.12. The Morgan fingerprint density at radius 3 is 2.56 bits per heavy atom. The van der Waals surface area contributed by atoms with E-state index in [-0.39, 0.29) is 46.4 Å². The number of amides is 1. The molecule has 3 aromatic rings. The van der Waals surface area contributed by atoms with Crippen molar-refractivity contribution in [3.8, 4) is 17.1 Å². The lowest BCUT2D eigenvalue weighted by molar-refractivity contribution is -0.117. The van der Waals surface area contributed by atoms with Crippen LogP contribution in [0.3, 0.4) is 0 Å². The number of carboxylic acids is 1. The van der Waals surface area contributed by atoms with Crippen LogP contribution in [0.5, 0.6) is 6.01 Å². The van der Waals surface area contributed by atoms with E-state index in [1.165, 1.54) is 34.9 Å². The number of rotatable bonds is 8. The number of imidazole rings is 1. The van der Waals surface area contributed by atoms with Crippen LogP contribution in [0.2, 0.25) is 0 Å². The van der Waals surface area contributed by atoms with Gasteiger partial charge in [0.15, 0.2) is 0 Å². The van der Waals surface area contributed by atoms with Gasteiger partial charge in [-0.1, -0.05) is 30.3 Å². The predicted octanol–water partition coefficient (Wildman–Crippen LogP) is 2.66. The largest absolute Gasteiger partial charge is 0.477 e. The zero-order valence-electron chi connectivity index (χ0n) is 17.2. The number of hydrogen-bond donors (Lipinski definition) is 2. The van der Waals surface area contributed by atoms with Gasteiger partial charge in [-0.05, 0) is 24.6 Å². The lowest BCUT2D eigenvalue weighted by Crippen LogP contribution is -2.28. The highest BCUT2D eigenvalue weighted by molar-refractivity contribution is 7.90. The van der Waals surface area contributed by atoms with Gasteiger partial charge in [-0.25, -0.2) is 27.3 Å². The second-order valence-electron chi connectivity index (χ2n) is 6.71. The van der Waals surface area contributed by atoms with Crippen molar-refractivity contribution < 1.29 is 32.2 Å². The molecule has 0 fully saturated rings. The van der Waals surface area contributed by atoms with Crippen LogP contribution in [0.1, 0.15) is 29.9 Å². The number of ether oxygens (including phenoxy) is 1. The number of aromatic carboxylic acids is 1. The Bertz CT molecular complexity index is 1290. The Balaban J connectivity index is 2.01. The van der Waals surface area contributed by atoms with Crippen molar-refractivity contribution in [2.45, 2.75) is 25.3 Å². The number of benzene rings is 2. The highest BCUT2D eigenvalue weighted by atomic mass is 32.2. The molecule has 0 saturated carbocycles. The molecule has 3 rings (SSSR count). The van der Waals surface area contributed by atoms with Crippen LogP contribution < -0.4 is 9.46 Å². The van der Waals surface area contributed by atoms with E-state index in [1.807, 2.05) is 4.72 Å². The topological polar surface area (TPSA) is 128 Å². The molecule has 0 aliphatic heterocycles. The maximum atomic E-state index is 15.0. The predicted molar refractivity (Wildman–Crippen MR) is 112 cm³/mol. The lowest BCUT2D eigenvalue weighted by Gasteiger charge is -2.13. The fraction of sp³-hybridized carbons (Fsp3) is 0.190. The molecule has 168 valence electrons. The van der Waals surface area contributed by atoms with Crippen LogP contribution in [-0.2, 0) is 21.4 Å². The van der Waals surface area contributed by atoms with Crippen molar-refractivity contribution in [2.24, 2.45) is 0 Å². The first-order chi connectivity index (χ1) is 15.1. The Morgan fingerprint density at radius 1 is 1.22 bits per heavy atom. The van der Waals surface area contributed by atoms with Crippen molar-refractivity contribution >= 4 is 21.9 Å². The lowest BCUT2D eigenvalue weighted by atomic mass is 10.0. The molecule has 2 N–H and O–H groups in total. The summed E-state index contributed by atoms with van der Waals surface area (Å²) in [7, 11) is -4.15. The van der Waals surface area contributed by atoms with Gasteiger partial charge in [-0.3, -0.25) is 9.36 Å². The minimum atomic E-state index is -4.15. The third kappa shape index (κ3) is 4.78. The number of hydrogen-bond acceptors (Lipinski definition) is 6. The molecule has 0 spiro atoms. The standard InChI is InChI=1S/C21H20FN3O6S/c1-3-31-21-23-11-18(20(27)28)25(21)12-15-9-8-14(10-17(15)22)16-6-4-5-7-19(16)32(29,30)24-13(2)26/h4-11H,3,12H2,1-2H3,(H,24,26)(H,27,28). The smallest absolute Gasteiger partial charge is 0.354 e. The second kappa shape index (κ2) is 9.18. The molecule has 1 amide bonds. The van der Waals surface area contributed by atoms with E-state index in [0.29, 0.717) is 0 Å². The van der Waals surface area contributed by atoms with Crippen LogP contribution in [0.15, 0.2) is 53.6 Å². The van der Waals surface area contributed by atoms with Gasteiger partial charge in [0.05, 0.1) is 24.2 Å². The summed E-state index contributed by atoms with van der Waals surface area (Å²) in [6, 6.07) is 10.0. The molecule has 0 atom stereocenters. The van der Waals surface area contributed by atoms with E-state index in [4.69, 9.17) is 4.74 Å². The highest BCUT2D eigenvalue weighted by Crippen LogP contribution is 2.29. The molecule has 0 aliphatic carbocycles. The minimum absolute atomic E-state index is 0.0418. The number of aromatic nitrogens is 2. The number of carboxylic acid groups (broad SMARTS) is 1. The first-order valence-corrected chi connectivity index (χ1v) is 10.9. The summed E-state index contributed by atoms with van der Waals surface area (Å²) < 4.78 is 48.4. The Kier molecular flexibility index (Phi) is 6.58. The summed E-state index contributed by atoms with van der Waals surface area (Å²) in [5.74, 6) is -2.67. The average Bonchev–Trinajstić information content (AvgIpc) is 3.11. The maximum Gasteiger partial charge on any atom is 0.354 e. The van der Waals surface area contributed by atoms with E-state index >= 15 is 0 Å². The highest BCUT2D eigenvalue weighted by Gasteiger charge is 2.22. The monoisotopic (exact) mass is 461 g/mol. The van der Waals surface area contributed by atoms with Gasteiger partial charge in [0.1, 0.15) is 11.5 Å². The van der Waals surface area contributed by atoms with Gasteiger partial charge in [-0.15, -0.1) is 0 Å². The summed E-state index contributed by atoms with van der Waals surface area (Å²) >= 11 is 0. The molecule has 1 aromatic heterocycles. The number of carbonyl (C=O) groups excluding carboxylic acids is 1. The summed E-state index contributed by atoms with van der Waals surface area (Å²) in [5, 5.41) is 9.36. The number of nitrogens with zero attached hydrogens (tertiary/aromatic N) is 2. The SMILES string of the molecule is CCOc1ncc(C(=O)O)n1Cc1ccc(-c2ccccc2S(=O)(=O)NC(C)=O)cc1F. The molecule has 1 heterocycles. The minimum Gasteiger partial charge on any atom is -0.477 e. The summed E-state index contributed by atoms with van der Waals surface area (Å²) in [5.41, 5.74) is 0.460. The average molecular weight is 461 g/mol. The third-order valence-corrected chi connectivity index (χ3v) is 5.95. The van der Waals surface area contributed by atoms with E-state index in [9.17, 15) is 27.5 Å². The molecular weight excluding hydrogens is 441 g/mol. The zero-order valence-corrected chi connectivity index (χ0v) is 18.0. The van der Waals surface area contributed by atoms with Gasteiger partial charge in [0, 0.05) is 18.1 Å². The van der Waals surface area contributed by atoms with Crippen LogP contribution in [0, 0.1) is 5.82 Å². The molecule has 0 radical (unpaired) electrons. The van der Waals surface area contributed by atoms with E-state index in [1.54, 1.807) is 13.0 Å². The van der Waals surface area contributed by atoms with Gasteiger partial charge in [-0.2, -0.15) is 0 Å². The van der Waals surface area contributed by atoms with Gasteiger partial charge >= 0.3 is 5.97 Å². The van der Waals surface area contributed by atoms with Crippen molar-refractivity contribution in [3.63, 3.8) is 0 Å². The molecule has 2 aromatic carbocycles. The second-order valence-corrected chi connectivity index (χ2v) is 8.37. The van der Waals surface area contributed by atoms with Crippen molar-refractivity contribution in [1.29, 1.82) is 0 Å². The van der Waals surface area contributed by atoms with Crippen LogP contribution in [-0.4, -0.2) is 41.6 Å². The zero-order chi connectivity index (χ0) is 23.5. The Morgan fingerprint density at radius 2 is 1.94 bits per heavy atom. The third-order valence-electron chi connectivity index (χ3n) is 4.46. The number of halogens is 1. The maximum absolute atomic E-state index is 15.0. The van der Waals surface area contributed by atoms with Crippen molar-refractivity contribution in [1.82, 2.24) is 14.3 Å². The Hall–Kier alpha value is -3.73. The molecule has 11 heteroatoms. The van der Waals surface area contributed by atoms with Crippen LogP contribution in [0.25, 0.3) is 11.1 Å². The molecule has 0 bridgehead atoms. The summed E-state index contributed by atoms with van der Waals surface area (Å²) in [6.45, 7) is 2.87. The van der Waals surface area contributed by atoms with Crippen molar-refractivity contribution in [3.05, 3.63) is 65.7 Å². The Labute approximate surface area is 183 Å². The number of nitrogens with one attached hydrogen (secondary N) is 1. The van der Waals surface area contributed by atoms with Gasteiger partial charge < -0.3 is 9.84 Å². The summed E-state index contributed by atoms with van der Waals surface area (Å²) in [4.78, 5) is 26.5. The molecular formula is C21H20FN3O6S. The first-order valence-electron chi connectivity index (χ1n) is 9.47. The number of carbonyl (C=O) groups is 2. The molecule has 0 aliphatic rings. The summed E-state index contributed by atoms with van der Waals surface area (Å²) in [6.07, 6.45) is 1.13. The number of sulfonamides is 1. The first kappa shape index (κ1) is 22.9. The van der Waals surface area contributed by atoms with E-state index < -0.39 is 27.7 Å². The van der Waals surface area contributed by atoms with Gasteiger partial charge in [0.2, 0.25) is 5.91 Å². The quantitative estimate of drug-likeness (QED) is 0.528. The fourth-order valence-corrected chi connectivity index (χ4v) is 4.35. The van der Waals surface area contributed by atoms with Crippen LogP contribution >= 0.6 is 0 Å². The normalized spacial score (nSPS) is 11.2.